The Morgan fingerprint density at radius 2 is 2.04 bits per heavy atom. The molecule has 3 unspecified atom stereocenters. The molecule has 3 aliphatic rings. The largest absolute Gasteiger partial charge is 0.376 e. The molecule has 4 rings (SSSR count). The number of rotatable bonds is 1. The molecule has 1 amide bonds. The molecule has 0 radical (unpaired) electrons. The number of nitrogens with zero attached hydrogens (tertiary/aromatic N) is 1. The van der Waals surface area contributed by atoms with Crippen LogP contribution in [0.4, 0.5) is 5.69 Å². The lowest BCUT2D eigenvalue weighted by atomic mass is 9.78. The molecule has 1 aliphatic heterocycles. The second kappa shape index (κ2) is 4.81. The fourth-order valence-corrected chi connectivity index (χ4v) is 4.60. The van der Waals surface area contributed by atoms with Crippen LogP contribution >= 0.6 is 0 Å². The molecule has 120 valence electrons. The van der Waals surface area contributed by atoms with Gasteiger partial charge in [-0.2, -0.15) is 0 Å². The fraction of sp³-hybridized carbons (Fsp3) is 0.450. The minimum absolute atomic E-state index is 0.0558. The van der Waals surface area contributed by atoms with Crippen LogP contribution in [0.3, 0.4) is 0 Å². The standard InChI is InChI=1S/C20H23NO2/c1-12(22)21-17-8-6-5-7-14(17)15-9-13-10-18(23-4)20(2,3)11-16(13)19(15)21/h5-8,10-11,15,18-19H,9H2,1-4H3. The van der Waals surface area contributed by atoms with Gasteiger partial charge in [-0.3, -0.25) is 4.79 Å². The minimum atomic E-state index is -0.0558. The summed E-state index contributed by atoms with van der Waals surface area (Å²) in [4.78, 5) is 14.4. The summed E-state index contributed by atoms with van der Waals surface area (Å²) < 4.78 is 5.68. The summed E-state index contributed by atoms with van der Waals surface area (Å²) in [5.74, 6) is 0.498. The van der Waals surface area contributed by atoms with E-state index in [1.54, 1.807) is 14.0 Å². The lowest BCUT2D eigenvalue weighted by Gasteiger charge is -2.35. The first kappa shape index (κ1) is 14.7. The molecule has 23 heavy (non-hydrogen) atoms. The third-order valence-electron chi connectivity index (χ3n) is 5.59. The second-order valence-electron chi connectivity index (χ2n) is 7.47. The van der Waals surface area contributed by atoms with Crippen LogP contribution < -0.4 is 4.90 Å². The monoisotopic (exact) mass is 309 g/mol. The van der Waals surface area contributed by atoms with Gasteiger partial charge in [0.1, 0.15) is 0 Å². The number of fused-ring (bicyclic) bond motifs is 5. The summed E-state index contributed by atoms with van der Waals surface area (Å²) in [5.41, 5.74) is 5.00. The predicted molar refractivity (Wildman–Crippen MR) is 91.5 cm³/mol. The van der Waals surface area contributed by atoms with Crippen molar-refractivity contribution in [3.63, 3.8) is 0 Å². The van der Waals surface area contributed by atoms with Gasteiger partial charge in [0, 0.05) is 31.1 Å². The number of hydrogen-bond donors (Lipinski definition) is 0. The molecule has 1 heterocycles. The van der Waals surface area contributed by atoms with Gasteiger partial charge in [0.15, 0.2) is 0 Å². The number of anilines is 1. The smallest absolute Gasteiger partial charge is 0.224 e. The van der Waals surface area contributed by atoms with Crippen molar-refractivity contribution in [2.75, 3.05) is 12.0 Å². The van der Waals surface area contributed by atoms with Crippen LogP contribution in [-0.2, 0) is 9.53 Å². The Bertz CT molecular complexity index is 744. The highest BCUT2D eigenvalue weighted by atomic mass is 16.5. The number of carbonyl (C=O) groups is 1. The predicted octanol–water partition coefficient (Wildman–Crippen LogP) is 3.82. The summed E-state index contributed by atoms with van der Waals surface area (Å²) >= 11 is 0. The lowest BCUT2D eigenvalue weighted by molar-refractivity contribution is -0.116. The normalized spacial score (nSPS) is 30.3. The van der Waals surface area contributed by atoms with Gasteiger partial charge in [-0.1, -0.05) is 44.2 Å². The average Bonchev–Trinajstić information content (AvgIpc) is 3.00. The van der Waals surface area contributed by atoms with Crippen molar-refractivity contribution in [3.8, 4) is 0 Å². The van der Waals surface area contributed by atoms with Crippen LogP contribution in [0.1, 0.15) is 38.7 Å². The van der Waals surface area contributed by atoms with Crippen molar-refractivity contribution in [3.05, 3.63) is 53.1 Å². The van der Waals surface area contributed by atoms with E-state index in [2.05, 4.69) is 44.2 Å². The van der Waals surface area contributed by atoms with E-state index in [1.165, 1.54) is 16.7 Å². The van der Waals surface area contributed by atoms with Gasteiger partial charge >= 0.3 is 0 Å². The van der Waals surface area contributed by atoms with Gasteiger partial charge < -0.3 is 9.64 Å². The summed E-state index contributed by atoms with van der Waals surface area (Å²) in [5, 5.41) is 0. The van der Waals surface area contributed by atoms with Gasteiger partial charge in [0.25, 0.3) is 0 Å². The van der Waals surface area contributed by atoms with Gasteiger partial charge in [-0.15, -0.1) is 0 Å². The summed E-state index contributed by atoms with van der Waals surface area (Å²) in [6.45, 7) is 6.08. The number of carbonyl (C=O) groups excluding carboxylic acids is 1. The maximum absolute atomic E-state index is 12.4. The average molecular weight is 309 g/mol. The molecule has 1 saturated carbocycles. The van der Waals surface area contributed by atoms with E-state index in [0.717, 1.165) is 12.1 Å². The van der Waals surface area contributed by atoms with E-state index >= 15 is 0 Å². The molecular formula is C20H23NO2. The molecule has 3 heteroatoms. The van der Waals surface area contributed by atoms with Gasteiger partial charge in [-0.25, -0.2) is 0 Å². The number of amides is 1. The topological polar surface area (TPSA) is 29.5 Å². The van der Waals surface area contributed by atoms with Crippen LogP contribution in [-0.4, -0.2) is 25.2 Å². The summed E-state index contributed by atoms with van der Waals surface area (Å²) in [7, 11) is 1.77. The number of ether oxygens (including phenoxy) is 1. The first-order valence-corrected chi connectivity index (χ1v) is 8.29. The van der Waals surface area contributed by atoms with E-state index < -0.39 is 0 Å². The molecule has 0 spiro atoms. The first-order valence-electron chi connectivity index (χ1n) is 8.29. The Balaban J connectivity index is 1.86. The zero-order valence-electron chi connectivity index (χ0n) is 14.2. The number of benzene rings is 1. The van der Waals surface area contributed by atoms with Crippen molar-refractivity contribution >= 4 is 11.6 Å². The van der Waals surface area contributed by atoms with Crippen molar-refractivity contribution < 1.29 is 9.53 Å². The molecule has 2 aliphatic carbocycles. The van der Waals surface area contributed by atoms with Crippen LogP contribution in [0.2, 0.25) is 0 Å². The molecule has 3 nitrogen and oxygen atoms in total. The van der Waals surface area contributed by atoms with E-state index in [0.29, 0.717) is 5.92 Å². The summed E-state index contributed by atoms with van der Waals surface area (Å²) in [6.07, 6.45) is 5.70. The van der Waals surface area contributed by atoms with Gasteiger partial charge in [-0.05, 0) is 29.2 Å². The second-order valence-corrected chi connectivity index (χ2v) is 7.47. The molecule has 0 N–H and O–H groups in total. The highest BCUT2D eigenvalue weighted by molar-refractivity contribution is 5.97. The molecule has 1 aromatic rings. The number of hydrogen-bond acceptors (Lipinski definition) is 2. The zero-order valence-corrected chi connectivity index (χ0v) is 14.2. The van der Waals surface area contributed by atoms with E-state index in [-0.39, 0.29) is 23.5 Å². The first-order chi connectivity index (χ1) is 10.9. The van der Waals surface area contributed by atoms with Crippen LogP contribution in [0.5, 0.6) is 0 Å². The molecule has 0 aromatic heterocycles. The Labute approximate surface area is 137 Å². The highest BCUT2D eigenvalue weighted by Gasteiger charge is 2.50. The minimum Gasteiger partial charge on any atom is -0.376 e. The zero-order chi connectivity index (χ0) is 16.4. The van der Waals surface area contributed by atoms with Gasteiger partial charge in [0.05, 0.1) is 12.1 Å². The maximum Gasteiger partial charge on any atom is 0.224 e. The Hall–Kier alpha value is -1.87. The van der Waals surface area contributed by atoms with Crippen LogP contribution in [0.25, 0.3) is 0 Å². The van der Waals surface area contributed by atoms with Crippen LogP contribution in [0, 0.1) is 5.41 Å². The van der Waals surface area contributed by atoms with E-state index in [9.17, 15) is 4.79 Å². The fourth-order valence-electron chi connectivity index (χ4n) is 4.60. The lowest BCUT2D eigenvalue weighted by Crippen LogP contribution is -2.39. The van der Waals surface area contributed by atoms with Crippen LogP contribution in [0.15, 0.2) is 47.6 Å². The molecule has 1 fully saturated rings. The SMILES string of the molecule is COC1C=C2CC3c4ccccc4N(C(C)=O)C3C2=CC1(C)C. The summed E-state index contributed by atoms with van der Waals surface area (Å²) in [6, 6.07) is 8.49. The van der Waals surface area contributed by atoms with Crippen molar-refractivity contribution in [1.29, 1.82) is 0 Å². The highest BCUT2D eigenvalue weighted by Crippen LogP contribution is 2.55. The third-order valence-corrected chi connectivity index (χ3v) is 5.59. The van der Waals surface area contributed by atoms with Crippen molar-refractivity contribution in [2.24, 2.45) is 5.41 Å². The molecule has 1 aromatic carbocycles. The van der Waals surface area contributed by atoms with E-state index in [4.69, 9.17) is 4.74 Å². The Morgan fingerprint density at radius 3 is 2.74 bits per heavy atom. The number of methoxy groups -OCH3 is 1. The molecule has 3 atom stereocenters. The Kier molecular flexibility index (Phi) is 3.08. The Morgan fingerprint density at radius 1 is 1.30 bits per heavy atom. The maximum atomic E-state index is 12.4. The van der Waals surface area contributed by atoms with Crippen molar-refractivity contribution in [1.82, 2.24) is 0 Å². The van der Waals surface area contributed by atoms with Gasteiger partial charge in [0.2, 0.25) is 5.91 Å². The van der Waals surface area contributed by atoms with E-state index in [1.807, 2.05) is 11.0 Å². The molecular weight excluding hydrogens is 286 g/mol. The third kappa shape index (κ3) is 1.96. The number of para-hydroxylation sites is 1. The molecule has 0 saturated heterocycles. The molecule has 0 bridgehead atoms. The quantitative estimate of drug-likeness (QED) is 0.789. The van der Waals surface area contributed by atoms with Crippen molar-refractivity contribution in [2.45, 2.75) is 45.3 Å².